The third-order valence-corrected chi connectivity index (χ3v) is 0.829. The number of halogens is 2. The summed E-state index contributed by atoms with van der Waals surface area (Å²) in [6, 6.07) is 0. The zero-order chi connectivity index (χ0) is 6.41. The highest BCUT2D eigenvalue weighted by atomic mass is 19.2. The van der Waals surface area contributed by atoms with Gasteiger partial charge in [-0.25, -0.2) is 13.9 Å². The molecular formula is C5H9F2O. The summed E-state index contributed by atoms with van der Waals surface area (Å²) < 4.78 is 23.0. The third-order valence-electron chi connectivity index (χ3n) is 0.829. The first-order valence-electron chi connectivity index (χ1n) is 2.59. The zero-order valence-corrected chi connectivity index (χ0v) is 4.57. The van der Waals surface area contributed by atoms with Crippen molar-refractivity contribution in [3.63, 3.8) is 0 Å². The van der Waals surface area contributed by atoms with Crippen LogP contribution in [0.3, 0.4) is 0 Å². The van der Waals surface area contributed by atoms with Gasteiger partial charge in [-0.05, 0) is 12.8 Å². The number of alkyl halides is 2. The monoisotopic (exact) mass is 123 g/mol. The molecule has 0 saturated heterocycles. The van der Waals surface area contributed by atoms with Gasteiger partial charge in [0, 0.05) is 0 Å². The van der Waals surface area contributed by atoms with E-state index in [0.717, 1.165) is 0 Å². The maximum Gasteiger partial charge on any atom is 0.128 e. The van der Waals surface area contributed by atoms with E-state index in [1.54, 1.807) is 0 Å². The molecule has 0 spiro atoms. The standard InChI is InChI=1S/C5H9F2O/c6-4-5(7)2-1-3-8/h5H,1-4H2. The van der Waals surface area contributed by atoms with Crippen molar-refractivity contribution in [2.45, 2.75) is 19.0 Å². The van der Waals surface area contributed by atoms with E-state index in [-0.39, 0.29) is 19.4 Å². The normalized spacial score (nSPS) is 13.9. The topological polar surface area (TPSA) is 19.9 Å². The Morgan fingerprint density at radius 2 is 2.12 bits per heavy atom. The second-order valence-electron chi connectivity index (χ2n) is 1.60. The summed E-state index contributed by atoms with van der Waals surface area (Å²) in [6.45, 7) is -1.26. The Morgan fingerprint density at radius 3 is 2.50 bits per heavy atom. The van der Waals surface area contributed by atoms with E-state index in [2.05, 4.69) is 0 Å². The summed E-state index contributed by atoms with van der Waals surface area (Å²) >= 11 is 0. The van der Waals surface area contributed by atoms with Crippen molar-refractivity contribution >= 4 is 0 Å². The van der Waals surface area contributed by atoms with Gasteiger partial charge in [0.1, 0.15) is 12.8 Å². The number of hydrogen-bond donors (Lipinski definition) is 0. The maximum atomic E-state index is 11.8. The third kappa shape index (κ3) is 3.99. The van der Waals surface area contributed by atoms with E-state index in [0.29, 0.717) is 0 Å². The largest absolute Gasteiger partial charge is 0.248 e. The van der Waals surface area contributed by atoms with Crippen LogP contribution >= 0.6 is 0 Å². The van der Waals surface area contributed by atoms with Gasteiger partial charge in [0.2, 0.25) is 0 Å². The van der Waals surface area contributed by atoms with Gasteiger partial charge in [0.05, 0.1) is 6.61 Å². The van der Waals surface area contributed by atoms with Crippen LogP contribution in [0, 0.1) is 0 Å². The molecule has 1 nitrogen and oxygen atoms in total. The average Bonchev–Trinajstić information content (AvgIpc) is 1.83. The predicted octanol–water partition coefficient (Wildman–Crippen LogP) is 1.50. The van der Waals surface area contributed by atoms with Crippen molar-refractivity contribution in [3.8, 4) is 0 Å². The summed E-state index contributed by atoms with van der Waals surface area (Å²) in [5.41, 5.74) is 0. The molecule has 0 aliphatic rings. The lowest BCUT2D eigenvalue weighted by Crippen LogP contribution is -2.02. The van der Waals surface area contributed by atoms with Crippen LogP contribution in [0.5, 0.6) is 0 Å². The number of hydrogen-bond acceptors (Lipinski definition) is 0. The van der Waals surface area contributed by atoms with Crippen molar-refractivity contribution in [2.75, 3.05) is 13.3 Å². The molecular weight excluding hydrogens is 114 g/mol. The Kier molecular flexibility index (Phi) is 4.85. The minimum atomic E-state index is -1.41. The summed E-state index contributed by atoms with van der Waals surface area (Å²) in [6.07, 6.45) is -1.10. The van der Waals surface area contributed by atoms with Crippen molar-refractivity contribution < 1.29 is 13.9 Å². The van der Waals surface area contributed by atoms with Gasteiger partial charge in [0.25, 0.3) is 0 Å². The van der Waals surface area contributed by atoms with Crippen LogP contribution in [-0.4, -0.2) is 19.5 Å². The van der Waals surface area contributed by atoms with Gasteiger partial charge in [-0.2, -0.15) is 0 Å². The molecule has 0 saturated carbocycles. The van der Waals surface area contributed by atoms with Gasteiger partial charge < -0.3 is 0 Å². The maximum absolute atomic E-state index is 11.8. The Morgan fingerprint density at radius 1 is 1.50 bits per heavy atom. The SMILES string of the molecule is [O]CCCC(F)CF. The van der Waals surface area contributed by atoms with E-state index in [9.17, 15) is 13.9 Å². The Bertz CT molecular complexity index is 49.7. The fourth-order valence-electron chi connectivity index (χ4n) is 0.382. The molecule has 0 amide bonds. The molecule has 0 aromatic heterocycles. The molecule has 0 bridgehead atoms. The van der Waals surface area contributed by atoms with Crippen LogP contribution in [0.15, 0.2) is 0 Å². The Balaban J connectivity index is 2.86. The van der Waals surface area contributed by atoms with Crippen LogP contribution in [-0.2, 0) is 5.11 Å². The van der Waals surface area contributed by atoms with Crippen molar-refractivity contribution in [3.05, 3.63) is 0 Å². The van der Waals surface area contributed by atoms with Crippen molar-refractivity contribution in [2.24, 2.45) is 0 Å². The molecule has 0 aromatic carbocycles. The summed E-state index contributed by atoms with van der Waals surface area (Å²) in [5, 5.41) is 9.66. The van der Waals surface area contributed by atoms with Gasteiger partial charge in [-0.1, -0.05) is 0 Å². The van der Waals surface area contributed by atoms with E-state index < -0.39 is 12.8 Å². The smallest absolute Gasteiger partial charge is 0.128 e. The molecule has 1 radical (unpaired) electrons. The lowest BCUT2D eigenvalue weighted by molar-refractivity contribution is 0.165. The lowest BCUT2D eigenvalue weighted by Gasteiger charge is -1.97. The van der Waals surface area contributed by atoms with Crippen LogP contribution < -0.4 is 0 Å². The van der Waals surface area contributed by atoms with Crippen LogP contribution in [0.1, 0.15) is 12.8 Å². The second-order valence-corrected chi connectivity index (χ2v) is 1.60. The molecule has 3 heteroatoms. The summed E-state index contributed by atoms with van der Waals surface area (Å²) in [4.78, 5) is 0. The van der Waals surface area contributed by atoms with Crippen LogP contribution in [0.2, 0.25) is 0 Å². The lowest BCUT2D eigenvalue weighted by atomic mass is 10.2. The van der Waals surface area contributed by atoms with E-state index in [1.165, 1.54) is 0 Å². The van der Waals surface area contributed by atoms with Gasteiger partial charge in [0.15, 0.2) is 0 Å². The first-order chi connectivity index (χ1) is 3.81. The van der Waals surface area contributed by atoms with Gasteiger partial charge >= 0.3 is 0 Å². The second kappa shape index (κ2) is 4.97. The summed E-state index contributed by atoms with van der Waals surface area (Å²) in [7, 11) is 0. The van der Waals surface area contributed by atoms with E-state index in [1.807, 2.05) is 0 Å². The fourth-order valence-corrected chi connectivity index (χ4v) is 0.382. The Labute approximate surface area is 47.3 Å². The summed E-state index contributed by atoms with van der Waals surface area (Å²) in [5.74, 6) is 0. The first-order valence-corrected chi connectivity index (χ1v) is 2.59. The van der Waals surface area contributed by atoms with Gasteiger partial charge in [-0.3, -0.25) is 0 Å². The molecule has 8 heavy (non-hydrogen) atoms. The quantitative estimate of drug-likeness (QED) is 0.540. The first kappa shape index (κ1) is 7.82. The molecule has 0 aromatic rings. The predicted molar refractivity (Wildman–Crippen MR) is 25.7 cm³/mol. The molecule has 0 fully saturated rings. The number of rotatable bonds is 4. The minimum absolute atomic E-state index is 0.0694. The minimum Gasteiger partial charge on any atom is -0.248 e. The average molecular weight is 123 g/mol. The highest BCUT2D eigenvalue weighted by molar-refractivity contribution is 4.51. The molecule has 0 aliphatic carbocycles. The molecule has 1 atom stereocenters. The molecule has 0 aliphatic heterocycles. The van der Waals surface area contributed by atoms with Crippen LogP contribution in [0.25, 0.3) is 0 Å². The van der Waals surface area contributed by atoms with Crippen LogP contribution in [0.4, 0.5) is 8.78 Å². The molecule has 0 N–H and O–H groups in total. The molecule has 49 valence electrons. The van der Waals surface area contributed by atoms with E-state index in [4.69, 9.17) is 0 Å². The fraction of sp³-hybridized carbons (Fsp3) is 1.00. The highest BCUT2D eigenvalue weighted by Gasteiger charge is 2.02. The molecule has 1 unspecified atom stereocenters. The Hall–Kier alpha value is -0.180. The molecule has 0 heterocycles. The van der Waals surface area contributed by atoms with Crippen molar-refractivity contribution in [1.29, 1.82) is 0 Å². The molecule has 0 rings (SSSR count). The van der Waals surface area contributed by atoms with E-state index >= 15 is 0 Å². The van der Waals surface area contributed by atoms with Gasteiger partial charge in [-0.15, -0.1) is 0 Å². The zero-order valence-electron chi connectivity index (χ0n) is 4.57. The highest BCUT2D eigenvalue weighted by Crippen LogP contribution is 2.00. The van der Waals surface area contributed by atoms with Crippen molar-refractivity contribution in [1.82, 2.24) is 0 Å².